The zero-order valence-corrected chi connectivity index (χ0v) is 17.6. The molecule has 0 amide bonds. The first-order chi connectivity index (χ1) is 14.7. The van der Waals surface area contributed by atoms with Crippen molar-refractivity contribution >= 4 is 22.8 Å². The van der Waals surface area contributed by atoms with E-state index in [0.717, 1.165) is 63.9 Å². The van der Waals surface area contributed by atoms with Gasteiger partial charge < -0.3 is 14.5 Å². The van der Waals surface area contributed by atoms with Crippen molar-refractivity contribution in [1.29, 1.82) is 5.26 Å². The Morgan fingerprint density at radius 1 is 1.20 bits per heavy atom. The maximum absolute atomic E-state index is 13.0. The molecule has 158 valence electrons. The molecule has 1 N–H and O–H groups in total. The van der Waals surface area contributed by atoms with Gasteiger partial charge in [0, 0.05) is 0 Å². The van der Waals surface area contributed by atoms with E-state index in [4.69, 9.17) is 14.7 Å². The molecule has 2 heterocycles. The number of quaternary nitrogens is 1. The average Bonchev–Trinajstić information content (AvgIpc) is 2.80. The Kier molecular flexibility index (Phi) is 6.44. The van der Waals surface area contributed by atoms with Gasteiger partial charge in [0.05, 0.1) is 49.8 Å². The van der Waals surface area contributed by atoms with Gasteiger partial charge in [-0.25, -0.2) is 9.97 Å². The van der Waals surface area contributed by atoms with Gasteiger partial charge >= 0.3 is 5.97 Å². The lowest BCUT2D eigenvalue weighted by molar-refractivity contribution is -0.898. The monoisotopic (exact) mass is 408 g/mol. The number of ether oxygens (including phenoxy) is 1. The van der Waals surface area contributed by atoms with Crippen LogP contribution < -0.4 is 9.80 Å². The summed E-state index contributed by atoms with van der Waals surface area (Å²) in [7, 11) is 0. The lowest BCUT2D eigenvalue weighted by Crippen LogP contribution is -3.14. The third kappa shape index (κ3) is 4.39. The topological polar surface area (TPSA) is 83.5 Å². The highest BCUT2D eigenvalue weighted by Gasteiger charge is 2.33. The normalized spacial score (nSPS) is 19.4. The molecule has 1 atom stereocenters. The Bertz CT molecular complexity index is 927. The van der Waals surface area contributed by atoms with Crippen LogP contribution >= 0.6 is 0 Å². The molecule has 1 saturated carbocycles. The molecule has 7 heteroatoms. The van der Waals surface area contributed by atoms with E-state index in [1.165, 1.54) is 6.42 Å². The molecule has 0 spiro atoms. The summed E-state index contributed by atoms with van der Waals surface area (Å²) in [6.45, 7) is 6.97. The third-order valence-electron chi connectivity index (χ3n) is 6.32. The quantitative estimate of drug-likeness (QED) is 0.760. The van der Waals surface area contributed by atoms with Gasteiger partial charge in [-0.3, -0.25) is 4.79 Å². The predicted octanol–water partition coefficient (Wildman–Crippen LogP) is 1.84. The molecule has 7 nitrogen and oxygen atoms in total. The Hall–Kier alpha value is -2.72. The average molecular weight is 409 g/mol. The fourth-order valence-corrected chi connectivity index (χ4v) is 4.46. The van der Waals surface area contributed by atoms with E-state index >= 15 is 0 Å². The van der Waals surface area contributed by atoms with Gasteiger partial charge in [-0.15, -0.1) is 0 Å². The lowest BCUT2D eigenvalue weighted by Gasteiger charge is -2.33. The molecule has 0 unspecified atom stereocenters. The van der Waals surface area contributed by atoms with E-state index in [2.05, 4.69) is 17.9 Å². The van der Waals surface area contributed by atoms with Crippen LogP contribution in [0, 0.1) is 11.3 Å². The molecule has 2 aromatic rings. The van der Waals surface area contributed by atoms with Gasteiger partial charge in [0.2, 0.25) is 0 Å². The first-order valence-electron chi connectivity index (χ1n) is 11.1. The summed E-state index contributed by atoms with van der Waals surface area (Å²) >= 11 is 0. The fraction of sp³-hybridized carbons (Fsp3) is 0.565. The second-order valence-electron chi connectivity index (χ2n) is 8.27. The SMILES string of the molecule is CC[NH+]1CCN(c2nc3ccccc3nc2[C@H](C#N)C(=O)OC2CCCCC2)CC1. The molecule has 0 bridgehead atoms. The number of anilines is 1. The predicted molar refractivity (Wildman–Crippen MR) is 114 cm³/mol. The van der Waals surface area contributed by atoms with Crippen LogP contribution in [0.5, 0.6) is 0 Å². The Balaban J connectivity index is 1.66. The molecule has 2 fully saturated rings. The van der Waals surface area contributed by atoms with Gasteiger partial charge in [0.25, 0.3) is 0 Å². The molecule has 30 heavy (non-hydrogen) atoms. The number of hydrogen-bond acceptors (Lipinski definition) is 6. The molecule has 1 aromatic heterocycles. The van der Waals surface area contributed by atoms with E-state index in [1.807, 2.05) is 24.3 Å². The van der Waals surface area contributed by atoms with Crippen LogP contribution in [-0.4, -0.2) is 54.8 Å². The van der Waals surface area contributed by atoms with Crippen LogP contribution in [0.1, 0.15) is 50.6 Å². The largest absolute Gasteiger partial charge is 0.461 e. The summed E-state index contributed by atoms with van der Waals surface area (Å²) in [6.07, 6.45) is 4.99. The number of aromatic nitrogens is 2. The number of carbonyl (C=O) groups excluding carboxylic acids is 1. The van der Waals surface area contributed by atoms with Crippen LogP contribution in [0.2, 0.25) is 0 Å². The summed E-state index contributed by atoms with van der Waals surface area (Å²) in [5.74, 6) is -0.903. The van der Waals surface area contributed by atoms with Gasteiger partial charge in [0.1, 0.15) is 11.8 Å². The van der Waals surface area contributed by atoms with E-state index < -0.39 is 11.9 Å². The number of nitriles is 1. The van der Waals surface area contributed by atoms with Gasteiger partial charge in [-0.2, -0.15) is 5.26 Å². The maximum Gasteiger partial charge on any atom is 0.329 e. The second kappa shape index (κ2) is 9.40. The van der Waals surface area contributed by atoms with Crippen molar-refractivity contribution in [3.63, 3.8) is 0 Å². The first-order valence-corrected chi connectivity index (χ1v) is 11.1. The highest BCUT2D eigenvalue weighted by molar-refractivity contribution is 5.85. The van der Waals surface area contributed by atoms with Crippen LogP contribution in [-0.2, 0) is 9.53 Å². The van der Waals surface area contributed by atoms with Crippen LogP contribution in [0.25, 0.3) is 11.0 Å². The van der Waals surface area contributed by atoms with Crippen molar-refractivity contribution in [3.8, 4) is 6.07 Å². The maximum atomic E-state index is 13.0. The zero-order chi connectivity index (χ0) is 20.9. The molecule has 1 saturated heterocycles. The summed E-state index contributed by atoms with van der Waals surface area (Å²) in [4.78, 5) is 26.3. The molecule has 1 aliphatic carbocycles. The number of carbonyl (C=O) groups is 1. The number of para-hydroxylation sites is 2. The minimum atomic E-state index is -1.06. The third-order valence-corrected chi connectivity index (χ3v) is 6.32. The van der Waals surface area contributed by atoms with Crippen LogP contribution in [0.4, 0.5) is 5.82 Å². The smallest absolute Gasteiger partial charge is 0.329 e. The number of hydrogen-bond donors (Lipinski definition) is 1. The standard InChI is InChI=1S/C23H29N5O2/c1-2-27-12-14-28(15-13-27)22-21(25-19-10-6-7-11-20(19)26-22)18(16-24)23(29)30-17-8-4-3-5-9-17/h6-7,10-11,17-18H,2-5,8-9,12-15H2,1H3/p+1/t18-/m0/s1. The molecular formula is C23H30N5O2+. The zero-order valence-electron chi connectivity index (χ0n) is 17.6. The number of esters is 1. The Morgan fingerprint density at radius 2 is 1.87 bits per heavy atom. The summed E-state index contributed by atoms with van der Waals surface area (Å²) in [5.41, 5.74) is 1.90. The molecule has 2 aliphatic rings. The number of piperazine rings is 1. The van der Waals surface area contributed by atoms with E-state index in [9.17, 15) is 10.1 Å². The number of fused-ring (bicyclic) bond motifs is 1. The molecule has 1 aromatic carbocycles. The van der Waals surface area contributed by atoms with Gasteiger partial charge in [-0.05, 0) is 44.7 Å². The van der Waals surface area contributed by atoms with Crippen molar-refractivity contribution in [1.82, 2.24) is 9.97 Å². The van der Waals surface area contributed by atoms with Crippen LogP contribution in [0.3, 0.4) is 0 Å². The summed E-state index contributed by atoms with van der Waals surface area (Å²) in [6, 6.07) is 9.78. The number of nitrogens with one attached hydrogen (secondary N) is 1. The number of benzene rings is 1. The number of nitrogens with zero attached hydrogens (tertiary/aromatic N) is 4. The van der Waals surface area contributed by atoms with Crippen molar-refractivity contribution in [2.24, 2.45) is 0 Å². The fourth-order valence-electron chi connectivity index (χ4n) is 4.46. The van der Waals surface area contributed by atoms with E-state index in [1.54, 1.807) is 4.90 Å². The van der Waals surface area contributed by atoms with E-state index in [-0.39, 0.29) is 6.10 Å². The van der Waals surface area contributed by atoms with Gasteiger partial charge in [0.15, 0.2) is 11.7 Å². The van der Waals surface area contributed by atoms with Crippen molar-refractivity contribution in [3.05, 3.63) is 30.0 Å². The van der Waals surface area contributed by atoms with Crippen LogP contribution in [0.15, 0.2) is 24.3 Å². The summed E-state index contributed by atoms with van der Waals surface area (Å²) in [5, 5.41) is 9.91. The highest BCUT2D eigenvalue weighted by atomic mass is 16.5. The summed E-state index contributed by atoms with van der Waals surface area (Å²) < 4.78 is 5.74. The minimum absolute atomic E-state index is 0.0873. The molecule has 0 radical (unpaired) electrons. The molecular weight excluding hydrogens is 378 g/mol. The molecule has 4 rings (SSSR count). The molecule has 1 aliphatic heterocycles. The highest BCUT2D eigenvalue weighted by Crippen LogP contribution is 2.29. The first kappa shape index (κ1) is 20.5. The van der Waals surface area contributed by atoms with Crippen molar-refractivity contribution < 1.29 is 14.4 Å². The van der Waals surface area contributed by atoms with E-state index in [0.29, 0.717) is 17.0 Å². The number of likely N-dealkylation sites (N-methyl/N-ethyl adjacent to an activating group) is 1. The Labute approximate surface area is 177 Å². The lowest BCUT2D eigenvalue weighted by atomic mass is 9.97. The minimum Gasteiger partial charge on any atom is -0.461 e. The van der Waals surface area contributed by atoms with Crippen molar-refractivity contribution in [2.75, 3.05) is 37.6 Å². The number of rotatable bonds is 5. The van der Waals surface area contributed by atoms with Gasteiger partial charge in [-0.1, -0.05) is 18.6 Å². The second-order valence-corrected chi connectivity index (χ2v) is 8.27. The Morgan fingerprint density at radius 3 is 2.50 bits per heavy atom. The van der Waals surface area contributed by atoms with Crippen molar-refractivity contribution in [2.45, 2.75) is 51.0 Å².